The molecule has 0 atom stereocenters. The second-order valence-electron chi connectivity index (χ2n) is 5.14. The van der Waals surface area contributed by atoms with E-state index in [4.69, 9.17) is 4.74 Å². The summed E-state index contributed by atoms with van der Waals surface area (Å²) >= 11 is 0. The standard InChI is InChI=1S/C15H22N2O2/c1-12(2)19-14-9-5-4-8-13(14)16-15(18)17-10-6-3-7-11-17/h4-5,8-9,12H,3,6-7,10-11H2,1-2H3,(H,16,18). The SMILES string of the molecule is CC(C)Oc1ccccc1NC(=O)N1CCCCC1. The number of nitrogens with zero attached hydrogens (tertiary/aromatic N) is 1. The van der Waals surface area contributed by atoms with E-state index in [1.54, 1.807) is 0 Å². The molecule has 2 amide bonds. The molecule has 1 N–H and O–H groups in total. The number of ether oxygens (including phenoxy) is 1. The maximum Gasteiger partial charge on any atom is 0.321 e. The molecule has 2 rings (SSSR count). The summed E-state index contributed by atoms with van der Waals surface area (Å²) in [6, 6.07) is 7.54. The predicted molar refractivity (Wildman–Crippen MR) is 76.6 cm³/mol. The molecule has 0 bridgehead atoms. The van der Waals surface area contributed by atoms with Gasteiger partial charge in [-0.3, -0.25) is 0 Å². The molecule has 0 aromatic heterocycles. The number of nitrogens with one attached hydrogen (secondary N) is 1. The van der Waals surface area contributed by atoms with Crippen LogP contribution in [0.3, 0.4) is 0 Å². The van der Waals surface area contributed by atoms with Gasteiger partial charge in [-0.1, -0.05) is 12.1 Å². The van der Waals surface area contributed by atoms with E-state index in [1.807, 2.05) is 43.0 Å². The summed E-state index contributed by atoms with van der Waals surface area (Å²) < 4.78 is 5.70. The van der Waals surface area contributed by atoms with Crippen molar-refractivity contribution >= 4 is 11.7 Å². The number of piperidine rings is 1. The number of urea groups is 1. The predicted octanol–water partition coefficient (Wildman–Crippen LogP) is 3.49. The minimum Gasteiger partial charge on any atom is -0.489 e. The van der Waals surface area contributed by atoms with Gasteiger partial charge < -0.3 is 15.0 Å². The Kier molecular flexibility index (Phi) is 4.66. The van der Waals surface area contributed by atoms with Gasteiger partial charge in [0.05, 0.1) is 11.8 Å². The smallest absolute Gasteiger partial charge is 0.321 e. The average molecular weight is 262 g/mol. The lowest BCUT2D eigenvalue weighted by atomic mass is 10.1. The van der Waals surface area contributed by atoms with Crippen LogP contribution in [-0.4, -0.2) is 30.1 Å². The largest absolute Gasteiger partial charge is 0.489 e. The molecule has 0 unspecified atom stereocenters. The van der Waals surface area contributed by atoms with Crippen LogP contribution in [0.4, 0.5) is 10.5 Å². The van der Waals surface area contributed by atoms with E-state index in [2.05, 4.69) is 5.32 Å². The van der Waals surface area contributed by atoms with Crippen LogP contribution in [0.15, 0.2) is 24.3 Å². The van der Waals surface area contributed by atoms with Crippen LogP contribution < -0.4 is 10.1 Å². The van der Waals surface area contributed by atoms with Gasteiger partial charge in [0.2, 0.25) is 0 Å². The van der Waals surface area contributed by atoms with Crippen molar-refractivity contribution in [3.05, 3.63) is 24.3 Å². The molecular formula is C15H22N2O2. The van der Waals surface area contributed by atoms with Gasteiger partial charge in [0.1, 0.15) is 5.75 Å². The second-order valence-corrected chi connectivity index (χ2v) is 5.14. The zero-order chi connectivity index (χ0) is 13.7. The summed E-state index contributed by atoms with van der Waals surface area (Å²) in [5, 5.41) is 2.95. The first kappa shape index (κ1) is 13.7. The number of para-hydroxylation sites is 2. The van der Waals surface area contributed by atoms with Crippen LogP contribution in [0.1, 0.15) is 33.1 Å². The number of hydrogen-bond donors (Lipinski definition) is 1. The molecule has 19 heavy (non-hydrogen) atoms. The third kappa shape index (κ3) is 3.88. The molecule has 104 valence electrons. The average Bonchev–Trinajstić information content (AvgIpc) is 2.41. The Morgan fingerprint density at radius 1 is 1.21 bits per heavy atom. The van der Waals surface area contributed by atoms with Crippen molar-refractivity contribution in [3.8, 4) is 5.75 Å². The Balaban J connectivity index is 2.03. The molecule has 4 nitrogen and oxygen atoms in total. The van der Waals surface area contributed by atoms with E-state index < -0.39 is 0 Å². The highest BCUT2D eigenvalue weighted by Gasteiger charge is 2.17. The number of rotatable bonds is 3. The summed E-state index contributed by atoms with van der Waals surface area (Å²) in [5.41, 5.74) is 0.742. The highest BCUT2D eigenvalue weighted by atomic mass is 16.5. The third-order valence-corrected chi connectivity index (χ3v) is 3.13. The molecule has 1 aliphatic heterocycles. The van der Waals surface area contributed by atoms with Crippen LogP contribution >= 0.6 is 0 Å². The van der Waals surface area contributed by atoms with E-state index in [9.17, 15) is 4.79 Å². The Hall–Kier alpha value is -1.71. The van der Waals surface area contributed by atoms with E-state index in [0.717, 1.165) is 37.4 Å². The second kappa shape index (κ2) is 6.45. The molecule has 1 saturated heterocycles. The molecule has 1 fully saturated rings. The van der Waals surface area contributed by atoms with Gasteiger partial charge in [0, 0.05) is 13.1 Å². The lowest BCUT2D eigenvalue weighted by molar-refractivity contribution is 0.199. The van der Waals surface area contributed by atoms with Crippen molar-refractivity contribution in [2.24, 2.45) is 0 Å². The van der Waals surface area contributed by atoms with E-state index in [-0.39, 0.29) is 12.1 Å². The Bertz CT molecular complexity index is 426. The van der Waals surface area contributed by atoms with Crippen molar-refractivity contribution in [2.45, 2.75) is 39.2 Å². The summed E-state index contributed by atoms with van der Waals surface area (Å²) in [6.07, 6.45) is 3.50. The first-order valence-corrected chi connectivity index (χ1v) is 6.98. The van der Waals surface area contributed by atoms with Crippen molar-refractivity contribution in [1.82, 2.24) is 4.90 Å². The lowest BCUT2D eigenvalue weighted by Gasteiger charge is -2.27. The maximum atomic E-state index is 12.2. The number of amides is 2. The van der Waals surface area contributed by atoms with Gasteiger partial charge in [-0.15, -0.1) is 0 Å². The molecule has 1 heterocycles. The molecule has 1 aromatic carbocycles. The maximum absolute atomic E-state index is 12.2. The number of carbonyl (C=O) groups is 1. The number of carbonyl (C=O) groups excluding carboxylic acids is 1. The van der Waals surface area contributed by atoms with Crippen LogP contribution in [-0.2, 0) is 0 Å². The highest BCUT2D eigenvalue weighted by molar-refractivity contribution is 5.91. The summed E-state index contributed by atoms with van der Waals surface area (Å²) in [4.78, 5) is 14.0. The van der Waals surface area contributed by atoms with Crippen molar-refractivity contribution in [2.75, 3.05) is 18.4 Å². The molecule has 0 spiro atoms. The molecule has 0 saturated carbocycles. The number of likely N-dealkylation sites (tertiary alicyclic amines) is 1. The normalized spacial score (nSPS) is 15.4. The zero-order valence-electron chi connectivity index (χ0n) is 11.7. The molecular weight excluding hydrogens is 240 g/mol. The Morgan fingerprint density at radius 2 is 1.89 bits per heavy atom. The van der Waals surface area contributed by atoms with Gasteiger partial charge in [-0.25, -0.2) is 4.79 Å². The monoisotopic (exact) mass is 262 g/mol. The Labute approximate surface area is 114 Å². The number of hydrogen-bond acceptors (Lipinski definition) is 2. The number of anilines is 1. The molecule has 0 aliphatic carbocycles. The molecule has 4 heteroatoms. The third-order valence-electron chi connectivity index (χ3n) is 3.13. The fourth-order valence-electron chi connectivity index (χ4n) is 2.22. The number of benzene rings is 1. The topological polar surface area (TPSA) is 41.6 Å². The first-order valence-electron chi connectivity index (χ1n) is 6.98. The van der Waals surface area contributed by atoms with E-state index in [0.29, 0.717) is 0 Å². The van der Waals surface area contributed by atoms with E-state index in [1.165, 1.54) is 6.42 Å². The van der Waals surface area contributed by atoms with Gasteiger partial charge in [0.25, 0.3) is 0 Å². The lowest BCUT2D eigenvalue weighted by Crippen LogP contribution is -2.38. The fourth-order valence-corrected chi connectivity index (χ4v) is 2.22. The minimum absolute atomic E-state index is 0.0282. The molecule has 0 radical (unpaired) electrons. The van der Waals surface area contributed by atoms with Crippen molar-refractivity contribution in [3.63, 3.8) is 0 Å². The van der Waals surface area contributed by atoms with Gasteiger partial charge in [-0.2, -0.15) is 0 Å². The van der Waals surface area contributed by atoms with Gasteiger partial charge >= 0.3 is 6.03 Å². The minimum atomic E-state index is -0.0282. The summed E-state index contributed by atoms with van der Waals surface area (Å²) in [5.74, 6) is 0.725. The van der Waals surface area contributed by atoms with Crippen LogP contribution in [0.25, 0.3) is 0 Å². The van der Waals surface area contributed by atoms with Crippen molar-refractivity contribution in [1.29, 1.82) is 0 Å². The molecule has 1 aromatic rings. The first-order chi connectivity index (χ1) is 9.16. The molecule has 1 aliphatic rings. The Morgan fingerprint density at radius 3 is 2.58 bits per heavy atom. The van der Waals surface area contributed by atoms with Gasteiger partial charge in [0.15, 0.2) is 0 Å². The van der Waals surface area contributed by atoms with E-state index >= 15 is 0 Å². The van der Waals surface area contributed by atoms with Crippen LogP contribution in [0.2, 0.25) is 0 Å². The zero-order valence-corrected chi connectivity index (χ0v) is 11.7. The van der Waals surface area contributed by atoms with Crippen LogP contribution in [0.5, 0.6) is 5.75 Å². The summed E-state index contributed by atoms with van der Waals surface area (Å²) in [6.45, 7) is 5.64. The summed E-state index contributed by atoms with van der Waals surface area (Å²) in [7, 11) is 0. The van der Waals surface area contributed by atoms with Crippen molar-refractivity contribution < 1.29 is 9.53 Å². The fraction of sp³-hybridized carbons (Fsp3) is 0.533. The highest BCUT2D eigenvalue weighted by Crippen LogP contribution is 2.25. The quantitative estimate of drug-likeness (QED) is 0.906. The van der Waals surface area contributed by atoms with Crippen LogP contribution in [0, 0.1) is 0 Å². The van der Waals surface area contributed by atoms with Gasteiger partial charge in [-0.05, 0) is 45.2 Å².